The van der Waals surface area contributed by atoms with Crippen molar-refractivity contribution in [2.24, 2.45) is 0 Å². The van der Waals surface area contributed by atoms with E-state index in [1.807, 2.05) is 19.9 Å². The van der Waals surface area contributed by atoms with Crippen molar-refractivity contribution in [2.75, 3.05) is 5.75 Å². The first-order valence-corrected chi connectivity index (χ1v) is 7.06. The second kappa shape index (κ2) is 5.92. The van der Waals surface area contributed by atoms with E-state index >= 15 is 0 Å². The van der Waals surface area contributed by atoms with Crippen LogP contribution in [0.25, 0.3) is 0 Å². The highest BCUT2D eigenvalue weighted by Crippen LogP contribution is 2.27. The largest absolute Gasteiger partial charge is 0.433 e. The molecule has 0 unspecified atom stereocenters. The minimum absolute atomic E-state index is 0.0450. The maximum atomic E-state index is 12.6. The molecule has 0 amide bonds. The number of thioether (sulfide) groups is 1. The maximum absolute atomic E-state index is 12.6. The topological polar surface area (TPSA) is 63.6 Å². The van der Waals surface area contributed by atoms with Gasteiger partial charge < -0.3 is 4.98 Å². The predicted molar refractivity (Wildman–Crippen MR) is 72.3 cm³/mol. The zero-order chi connectivity index (χ0) is 15.6. The zero-order valence-corrected chi connectivity index (χ0v) is 12.2. The van der Waals surface area contributed by atoms with Gasteiger partial charge >= 0.3 is 6.18 Å². The van der Waals surface area contributed by atoms with Crippen LogP contribution in [0.1, 0.15) is 17.1 Å². The third-order valence-corrected chi connectivity index (χ3v) is 3.51. The van der Waals surface area contributed by atoms with E-state index in [0.717, 1.165) is 23.1 Å². The number of aromatic nitrogens is 4. The van der Waals surface area contributed by atoms with Crippen molar-refractivity contribution >= 4 is 11.8 Å². The first-order valence-electron chi connectivity index (χ1n) is 6.08. The minimum atomic E-state index is -4.63. The van der Waals surface area contributed by atoms with Crippen molar-refractivity contribution in [2.45, 2.75) is 31.7 Å². The third-order valence-electron chi connectivity index (χ3n) is 2.66. The second-order valence-electron chi connectivity index (χ2n) is 4.43. The lowest BCUT2D eigenvalue weighted by Gasteiger charge is -2.07. The number of H-pyrrole nitrogens is 1. The quantitative estimate of drug-likeness (QED) is 0.694. The van der Waals surface area contributed by atoms with Gasteiger partial charge in [-0.3, -0.25) is 9.48 Å². The van der Waals surface area contributed by atoms with Crippen LogP contribution in [0.3, 0.4) is 0 Å². The van der Waals surface area contributed by atoms with E-state index in [4.69, 9.17) is 0 Å². The van der Waals surface area contributed by atoms with Crippen molar-refractivity contribution in [1.29, 1.82) is 0 Å². The van der Waals surface area contributed by atoms with E-state index in [1.54, 1.807) is 4.68 Å². The summed E-state index contributed by atoms with van der Waals surface area (Å²) in [5, 5.41) is 4.20. The Morgan fingerprint density at radius 3 is 2.62 bits per heavy atom. The van der Waals surface area contributed by atoms with E-state index in [0.29, 0.717) is 18.4 Å². The van der Waals surface area contributed by atoms with E-state index < -0.39 is 17.4 Å². The molecule has 5 nitrogen and oxygen atoms in total. The Balaban J connectivity index is 2.05. The molecule has 2 heterocycles. The molecule has 0 saturated heterocycles. The van der Waals surface area contributed by atoms with Crippen molar-refractivity contribution in [3.63, 3.8) is 0 Å². The molecule has 9 heteroatoms. The SMILES string of the molecule is Cc1cc(C)n(CCSc2nc(C(F)(F)F)cc(=O)[nH]2)n1. The highest BCUT2D eigenvalue weighted by molar-refractivity contribution is 7.99. The normalized spacial score (nSPS) is 11.9. The van der Waals surface area contributed by atoms with Gasteiger partial charge in [0.05, 0.1) is 12.2 Å². The molecular weight excluding hydrogens is 305 g/mol. The van der Waals surface area contributed by atoms with Gasteiger partial charge in [-0.1, -0.05) is 11.8 Å². The summed E-state index contributed by atoms with van der Waals surface area (Å²) in [6.07, 6.45) is -4.63. The summed E-state index contributed by atoms with van der Waals surface area (Å²) in [6.45, 7) is 4.28. The summed E-state index contributed by atoms with van der Waals surface area (Å²) in [5.74, 6) is 0.451. The molecule has 0 aliphatic rings. The number of aromatic amines is 1. The number of nitrogens with one attached hydrogen (secondary N) is 1. The molecule has 2 aromatic rings. The zero-order valence-electron chi connectivity index (χ0n) is 11.4. The summed E-state index contributed by atoms with van der Waals surface area (Å²) in [7, 11) is 0. The summed E-state index contributed by atoms with van der Waals surface area (Å²) in [6, 6.07) is 2.36. The molecule has 0 fully saturated rings. The molecule has 0 spiro atoms. The monoisotopic (exact) mass is 318 g/mol. The number of nitrogens with zero attached hydrogens (tertiary/aromatic N) is 3. The standard InChI is InChI=1S/C12H13F3N4OS/c1-7-5-8(2)19(18-7)3-4-21-11-16-9(12(13,14)15)6-10(20)17-11/h5-6H,3-4H2,1-2H3,(H,16,17,20). The van der Waals surface area contributed by atoms with E-state index in [1.165, 1.54) is 0 Å². The van der Waals surface area contributed by atoms with Gasteiger partial charge in [-0.2, -0.15) is 18.3 Å². The van der Waals surface area contributed by atoms with Crippen LogP contribution in [-0.4, -0.2) is 25.5 Å². The van der Waals surface area contributed by atoms with Gasteiger partial charge in [0, 0.05) is 17.5 Å². The van der Waals surface area contributed by atoms with Crippen LogP contribution in [-0.2, 0) is 12.7 Å². The first-order chi connectivity index (χ1) is 9.75. The van der Waals surface area contributed by atoms with E-state index in [9.17, 15) is 18.0 Å². The fourth-order valence-corrected chi connectivity index (χ4v) is 2.57. The van der Waals surface area contributed by atoms with Gasteiger partial charge in [0.1, 0.15) is 0 Å². The average molecular weight is 318 g/mol. The Morgan fingerprint density at radius 2 is 2.05 bits per heavy atom. The van der Waals surface area contributed by atoms with Crippen molar-refractivity contribution < 1.29 is 13.2 Å². The molecule has 1 N–H and O–H groups in total. The molecule has 0 radical (unpaired) electrons. The lowest BCUT2D eigenvalue weighted by Crippen LogP contribution is -2.17. The summed E-state index contributed by atoms with van der Waals surface area (Å²) >= 11 is 1.05. The predicted octanol–water partition coefficient (Wildman–Crippen LogP) is 2.39. The molecule has 0 aliphatic heterocycles. The van der Waals surface area contributed by atoms with E-state index in [2.05, 4.69) is 15.1 Å². The minimum Gasteiger partial charge on any atom is -0.301 e. The molecule has 114 valence electrons. The molecule has 2 rings (SSSR count). The molecule has 0 atom stereocenters. The lowest BCUT2D eigenvalue weighted by atomic mass is 10.4. The smallest absolute Gasteiger partial charge is 0.301 e. The number of rotatable bonds is 4. The van der Waals surface area contributed by atoms with Gasteiger partial charge in [-0.05, 0) is 19.9 Å². The van der Waals surface area contributed by atoms with Crippen LogP contribution >= 0.6 is 11.8 Å². The Bertz CT molecular complexity index is 693. The highest BCUT2D eigenvalue weighted by atomic mass is 32.2. The van der Waals surface area contributed by atoms with Gasteiger partial charge in [-0.25, -0.2) is 4.98 Å². The molecule has 0 aromatic carbocycles. The first kappa shape index (κ1) is 15.6. The highest BCUT2D eigenvalue weighted by Gasteiger charge is 2.33. The Hall–Kier alpha value is -1.77. The maximum Gasteiger partial charge on any atom is 0.433 e. The van der Waals surface area contributed by atoms with Crippen LogP contribution < -0.4 is 5.56 Å². The lowest BCUT2D eigenvalue weighted by molar-refractivity contribution is -0.141. The number of alkyl halides is 3. The molecule has 0 saturated carbocycles. The Labute approximate surface area is 122 Å². The molecule has 0 bridgehead atoms. The van der Waals surface area contributed by atoms with Crippen molar-refractivity contribution in [3.05, 3.63) is 39.6 Å². The fourth-order valence-electron chi connectivity index (χ4n) is 1.78. The molecule has 0 aliphatic carbocycles. The second-order valence-corrected chi connectivity index (χ2v) is 5.52. The van der Waals surface area contributed by atoms with Crippen LogP contribution in [0.5, 0.6) is 0 Å². The van der Waals surface area contributed by atoms with Gasteiger partial charge in [0.2, 0.25) is 0 Å². The molecule has 21 heavy (non-hydrogen) atoms. The van der Waals surface area contributed by atoms with Gasteiger partial charge in [0.15, 0.2) is 10.9 Å². The summed E-state index contributed by atoms with van der Waals surface area (Å²) in [5.41, 5.74) is -0.146. The van der Waals surface area contributed by atoms with Gasteiger partial charge in [-0.15, -0.1) is 0 Å². The number of aryl methyl sites for hydroxylation is 3. The van der Waals surface area contributed by atoms with Crippen molar-refractivity contribution in [3.8, 4) is 0 Å². The van der Waals surface area contributed by atoms with Gasteiger partial charge in [0.25, 0.3) is 5.56 Å². The van der Waals surface area contributed by atoms with Crippen LogP contribution in [0, 0.1) is 13.8 Å². The number of halogens is 3. The molecule has 2 aromatic heterocycles. The Morgan fingerprint density at radius 1 is 1.33 bits per heavy atom. The van der Waals surface area contributed by atoms with Crippen LogP contribution in [0.15, 0.2) is 22.1 Å². The summed E-state index contributed by atoms with van der Waals surface area (Å²) < 4.78 is 39.4. The fraction of sp³-hybridized carbons (Fsp3) is 0.417. The van der Waals surface area contributed by atoms with E-state index in [-0.39, 0.29) is 5.16 Å². The van der Waals surface area contributed by atoms with Crippen LogP contribution in [0.2, 0.25) is 0 Å². The third kappa shape index (κ3) is 4.10. The van der Waals surface area contributed by atoms with Crippen LogP contribution in [0.4, 0.5) is 13.2 Å². The Kier molecular flexibility index (Phi) is 4.40. The number of hydrogen-bond donors (Lipinski definition) is 1. The summed E-state index contributed by atoms with van der Waals surface area (Å²) in [4.78, 5) is 16.9. The number of hydrogen-bond acceptors (Lipinski definition) is 4. The van der Waals surface area contributed by atoms with Crippen molar-refractivity contribution in [1.82, 2.24) is 19.7 Å². The average Bonchev–Trinajstić information content (AvgIpc) is 2.66. The molecular formula is C12H13F3N4OS.